The van der Waals surface area contributed by atoms with Crippen molar-refractivity contribution in [1.82, 2.24) is 9.88 Å². The van der Waals surface area contributed by atoms with Crippen molar-refractivity contribution in [1.29, 1.82) is 0 Å². The number of piperidine rings is 1. The third-order valence-corrected chi connectivity index (χ3v) is 4.53. The minimum atomic E-state index is -0.394. The van der Waals surface area contributed by atoms with E-state index in [0.29, 0.717) is 13.0 Å². The molecule has 2 fully saturated rings. The first-order chi connectivity index (χ1) is 10.1. The monoisotopic (exact) mass is 287 g/mol. The molecule has 2 saturated heterocycles. The Hall–Kier alpha value is -1.91. The van der Waals surface area contributed by atoms with Crippen LogP contribution in [0.4, 0.5) is 5.69 Å². The molecule has 2 amide bonds. The number of hydrogen-bond acceptors (Lipinski definition) is 3. The summed E-state index contributed by atoms with van der Waals surface area (Å²) in [4.78, 5) is 33.4. The number of nitrogens with zero attached hydrogens (tertiary/aromatic N) is 3. The molecule has 0 aromatic carbocycles. The van der Waals surface area contributed by atoms with Crippen molar-refractivity contribution in [3.63, 3.8) is 0 Å². The molecular weight excluding hydrogens is 266 g/mol. The van der Waals surface area contributed by atoms with Gasteiger partial charge in [-0.05, 0) is 44.7 Å². The summed E-state index contributed by atoms with van der Waals surface area (Å²) in [5.74, 6) is 0.141. The van der Waals surface area contributed by atoms with Gasteiger partial charge >= 0.3 is 0 Å². The van der Waals surface area contributed by atoms with Crippen LogP contribution in [-0.4, -0.2) is 40.3 Å². The molecule has 2 aliphatic rings. The molecule has 0 spiro atoms. The van der Waals surface area contributed by atoms with E-state index < -0.39 is 6.04 Å². The molecule has 0 saturated carbocycles. The van der Waals surface area contributed by atoms with Gasteiger partial charge in [-0.15, -0.1) is 0 Å². The largest absolute Gasteiger partial charge is 0.329 e. The summed E-state index contributed by atoms with van der Waals surface area (Å²) >= 11 is 0. The summed E-state index contributed by atoms with van der Waals surface area (Å²) in [6, 6.07) is 3.03. The molecule has 21 heavy (non-hydrogen) atoms. The van der Waals surface area contributed by atoms with Crippen molar-refractivity contribution < 1.29 is 9.59 Å². The highest BCUT2D eigenvalue weighted by Crippen LogP contribution is 2.32. The van der Waals surface area contributed by atoms with Crippen LogP contribution >= 0.6 is 0 Å². The smallest absolute Gasteiger partial charge is 0.250 e. The van der Waals surface area contributed by atoms with Crippen molar-refractivity contribution in [3.8, 4) is 0 Å². The maximum absolute atomic E-state index is 12.9. The molecule has 1 aromatic rings. The molecule has 1 aromatic heterocycles. The lowest BCUT2D eigenvalue weighted by atomic mass is 9.94. The van der Waals surface area contributed by atoms with Crippen molar-refractivity contribution in [2.24, 2.45) is 0 Å². The van der Waals surface area contributed by atoms with Gasteiger partial charge in [0, 0.05) is 12.7 Å². The lowest BCUT2D eigenvalue weighted by Crippen LogP contribution is -2.66. The van der Waals surface area contributed by atoms with Crippen LogP contribution in [0.25, 0.3) is 0 Å². The quantitative estimate of drug-likeness (QED) is 0.834. The third kappa shape index (κ3) is 2.20. The lowest BCUT2D eigenvalue weighted by molar-refractivity contribution is -0.148. The summed E-state index contributed by atoms with van der Waals surface area (Å²) in [6.45, 7) is 4.55. The van der Waals surface area contributed by atoms with Gasteiger partial charge in [-0.2, -0.15) is 0 Å². The molecule has 3 rings (SSSR count). The Balaban J connectivity index is 2.03. The number of rotatable bonds is 2. The first-order valence-electron chi connectivity index (χ1n) is 7.70. The van der Waals surface area contributed by atoms with E-state index in [1.165, 1.54) is 0 Å². The molecule has 112 valence electrons. The zero-order valence-corrected chi connectivity index (χ0v) is 12.6. The first kappa shape index (κ1) is 14.0. The Labute approximate surface area is 124 Å². The maximum atomic E-state index is 12.9. The van der Waals surface area contributed by atoms with Crippen LogP contribution in [0.1, 0.15) is 38.3 Å². The van der Waals surface area contributed by atoms with Crippen LogP contribution in [-0.2, 0) is 9.59 Å². The van der Waals surface area contributed by atoms with Gasteiger partial charge in [0.25, 0.3) is 5.91 Å². The Morgan fingerprint density at radius 2 is 2.10 bits per heavy atom. The zero-order valence-electron chi connectivity index (χ0n) is 12.6. The van der Waals surface area contributed by atoms with Crippen molar-refractivity contribution in [2.45, 2.75) is 51.6 Å². The van der Waals surface area contributed by atoms with E-state index in [-0.39, 0.29) is 17.9 Å². The molecule has 5 heteroatoms. The molecule has 2 unspecified atom stereocenters. The van der Waals surface area contributed by atoms with Gasteiger partial charge in [-0.25, -0.2) is 0 Å². The molecule has 0 bridgehead atoms. The molecule has 0 N–H and O–H groups in total. The van der Waals surface area contributed by atoms with Crippen molar-refractivity contribution >= 4 is 17.5 Å². The molecular formula is C16H21N3O2. The average Bonchev–Trinajstić information content (AvgIpc) is 2.51. The highest BCUT2D eigenvalue weighted by molar-refractivity contribution is 6.08. The minimum Gasteiger partial charge on any atom is -0.329 e. The standard InChI is InChI=1S/C16H21N3O2/c1-3-12-15(20)18-10-5-4-7-14(18)16(21)19(12)13-8-6-9-17-11(13)2/h6,8-9,12,14H,3-5,7,10H2,1-2H3. The number of aromatic nitrogens is 1. The topological polar surface area (TPSA) is 53.5 Å². The van der Waals surface area contributed by atoms with E-state index in [1.54, 1.807) is 16.0 Å². The van der Waals surface area contributed by atoms with Crippen LogP contribution in [0, 0.1) is 6.92 Å². The van der Waals surface area contributed by atoms with E-state index in [0.717, 1.165) is 30.6 Å². The van der Waals surface area contributed by atoms with E-state index in [4.69, 9.17) is 0 Å². The van der Waals surface area contributed by atoms with E-state index in [2.05, 4.69) is 4.98 Å². The van der Waals surface area contributed by atoms with Gasteiger partial charge in [0.1, 0.15) is 12.1 Å². The number of carbonyl (C=O) groups is 2. The predicted octanol–water partition coefficient (Wildman–Crippen LogP) is 1.90. The van der Waals surface area contributed by atoms with Gasteiger partial charge in [0.2, 0.25) is 5.91 Å². The fourth-order valence-electron chi connectivity index (χ4n) is 3.44. The number of anilines is 1. The Kier molecular flexibility index (Phi) is 3.66. The number of carbonyl (C=O) groups excluding carboxylic acids is 2. The Morgan fingerprint density at radius 3 is 2.81 bits per heavy atom. The van der Waals surface area contributed by atoms with Crippen LogP contribution in [0.2, 0.25) is 0 Å². The van der Waals surface area contributed by atoms with Crippen LogP contribution in [0.3, 0.4) is 0 Å². The average molecular weight is 287 g/mol. The molecule has 0 aliphatic carbocycles. The zero-order chi connectivity index (χ0) is 15.0. The van der Waals surface area contributed by atoms with Gasteiger partial charge in [-0.1, -0.05) is 6.92 Å². The van der Waals surface area contributed by atoms with Crippen molar-refractivity contribution in [3.05, 3.63) is 24.0 Å². The number of piperazine rings is 1. The van der Waals surface area contributed by atoms with Crippen molar-refractivity contribution in [2.75, 3.05) is 11.4 Å². The molecule has 2 atom stereocenters. The number of hydrogen-bond donors (Lipinski definition) is 0. The minimum absolute atomic E-state index is 0.0530. The Bertz CT molecular complexity index is 572. The summed E-state index contributed by atoms with van der Waals surface area (Å²) in [7, 11) is 0. The highest BCUT2D eigenvalue weighted by Gasteiger charge is 2.46. The predicted molar refractivity (Wildman–Crippen MR) is 79.9 cm³/mol. The van der Waals surface area contributed by atoms with Crippen LogP contribution < -0.4 is 4.90 Å². The molecule has 3 heterocycles. The summed E-state index contributed by atoms with van der Waals surface area (Å²) in [6.07, 6.45) is 5.12. The summed E-state index contributed by atoms with van der Waals surface area (Å²) < 4.78 is 0. The Morgan fingerprint density at radius 1 is 1.29 bits per heavy atom. The second-order valence-electron chi connectivity index (χ2n) is 5.78. The van der Waals surface area contributed by atoms with E-state index >= 15 is 0 Å². The fraction of sp³-hybridized carbons (Fsp3) is 0.562. The number of fused-ring (bicyclic) bond motifs is 1. The second kappa shape index (κ2) is 5.47. The van der Waals surface area contributed by atoms with E-state index in [1.807, 2.05) is 26.0 Å². The van der Waals surface area contributed by atoms with Gasteiger partial charge in [0.05, 0.1) is 11.4 Å². The maximum Gasteiger partial charge on any atom is 0.250 e. The highest BCUT2D eigenvalue weighted by atomic mass is 16.2. The summed E-state index contributed by atoms with van der Waals surface area (Å²) in [5.41, 5.74) is 1.56. The fourth-order valence-corrected chi connectivity index (χ4v) is 3.44. The number of aryl methyl sites for hydroxylation is 1. The van der Waals surface area contributed by atoms with Crippen LogP contribution in [0.5, 0.6) is 0 Å². The second-order valence-corrected chi connectivity index (χ2v) is 5.78. The first-order valence-corrected chi connectivity index (χ1v) is 7.70. The molecule has 5 nitrogen and oxygen atoms in total. The van der Waals surface area contributed by atoms with Gasteiger partial charge in [0.15, 0.2) is 0 Å². The number of pyridine rings is 1. The molecule has 0 radical (unpaired) electrons. The summed E-state index contributed by atoms with van der Waals surface area (Å²) in [5, 5.41) is 0. The van der Waals surface area contributed by atoms with Crippen LogP contribution in [0.15, 0.2) is 18.3 Å². The third-order valence-electron chi connectivity index (χ3n) is 4.53. The number of amides is 2. The van der Waals surface area contributed by atoms with E-state index in [9.17, 15) is 9.59 Å². The normalized spacial score (nSPS) is 26.0. The molecule has 2 aliphatic heterocycles. The SMILES string of the molecule is CCC1C(=O)N2CCCCC2C(=O)N1c1cccnc1C. The lowest BCUT2D eigenvalue weighted by Gasteiger charge is -2.47. The van der Waals surface area contributed by atoms with Gasteiger partial charge in [-0.3, -0.25) is 19.5 Å². The van der Waals surface area contributed by atoms with Gasteiger partial charge < -0.3 is 4.90 Å².